The summed E-state index contributed by atoms with van der Waals surface area (Å²) in [5.74, 6) is 1.50. The van der Waals surface area contributed by atoms with Gasteiger partial charge in [-0.05, 0) is 29.9 Å². The lowest BCUT2D eigenvalue weighted by molar-refractivity contribution is 0.373. The Morgan fingerprint density at radius 3 is 2.46 bits per heavy atom. The quantitative estimate of drug-likeness (QED) is 0.416. The molecule has 10 nitrogen and oxygen atoms in total. The monoisotopic (exact) mass is 493 g/mol. The van der Waals surface area contributed by atoms with Crippen LogP contribution in [0, 0.1) is 0 Å². The van der Waals surface area contributed by atoms with Gasteiger partial charge in [-0.1, -0.05) is 30.3 Å². The lowest BCUT2D eigenvalue weighted by atomic mass is 10.2. The van der Waals surface area contributed by atoms with E-state index in [4.69, 9.17) is 21.6 Å². The Balaban J connectivity index is 1.43. The number of anilines is 1. The molecule has 1 fully saturated rings. The second kappa shape index (κ2) is 9.41. The molecule has 1 aliphatic heterocycles. The molecule has 1 aliphatic rings. The molecular weight excluding hydrogens is 466 g/mol. The number of imidazole rings is 1. The van der Waals surface area contributed by atoms with Crippen molar-refractivity contribution in [2.75, 3.05) is 31.1 Å². The van der Waals surface area contributed by atoms with Crippen molar-refractivity contribution in [2.24, 2.45) is 14.1 Å². The standard InChI is InChI=1S/C24H27N7O3S/c1-27-20-19(21(32)28(2)24(27)33)31(16-17-7-4-3-5-8-17)22(26-20)29-10-12-30(13-11-29)23(35)25-15-18-9-6-14-34-18/h3-9,14H,10-13,15-16H2,1-2H3,(H,25,35). The summed E-state index contributed by atoms with van der Waals surface area (Å²) in [6.07, 6.45) is 1.64. The Morgan fingerprint density at radius 2 is 1.77 bits per heavy atom. The Morgan fingerprint density at radius 1 is 1.03 bits per heavy atom. The molecule has 0 saturated carbocycles. The van der Waals surface area contributed by atoms with E-state index >= 15 is 0 Å². The van der Waals surface area contributed by atoms with Crippen LogP contribution in [0.3, 0.4) is 0 Å². The van der Waals surface area contributed by atoms with Gasteiger partial charge >= 0.3 is 5.69 Å². The molecule has 1 saturated heterocycles. The van der Waals surface area contributed by atoms with Crippen LogP contribution in [0.25, 0.3) is 11.2 Å². The van der Waals surface area contributed by atoms with Crippen LogP contribution in [0.5, 0.6) is 0 Å². The zero-order valence-corrected chi connectivity index (χ0v) is 20.5. The summed E-state index contributed by atoms with van der Waals surface area (Å²) in [6, 6.07) is 13.7. The predicted molar refractivity (Wildman–Crippen MR) is 138 cm³/mol. The molecule has 182 valence electrons. The van der Waals surface area contributed by atoms with E-state index in [-0.39, 0.29) is 5.56 Å². The Bertz CT molecular complexity index is 1460. The second-order valence-electron chi connectivity index (χ2n) is 8.57. The molecule has 5 rings (SSSR count). The molecule has 3 aromatic heterocycles. The van der Waals surface area contributed by atoms with Gasteiger partial charge in [0.1, 0.15) is 5.76 Å². The van der Waals surface area contributed by atoms with Crippen LogP contribution in [-0.4, -0.2) is 54.9 Å². The van der Waals surface area contributed by atoms with Crippen LogP contribution in [-0.2, 0) is 27.2 Å². The lowest BCUT2D eigenvalue weighted by Gasteiger charge is -2.36. The van der Waals surface area contributed by atoms with Crippen molar-refractivity contribution in [1.82, 2.24) is 28.9 Å². The van der Waals surface area contributed by atoms with Crippen molar-refractivity contribution in [3.05, 3.63) is 80.9 Å². The van der Waals surface area contributed by atoms with Gasteiger partial charge in [-0.25, -0.2) is 4.79 Å². The first-order valence-electron chi connectivity index (χ1n) is 11.4. The Hall–Kier alpha value is -3.86. The molecule has 4 aromatic rings. The lowest BCUT2D eigenvalue weighted by Crippen LogP contribution is -2.52. The van der Waals surface area contributed by atoms with Gasteiger partial charge in [0.2, 0.25) is 5.95 Å². The molecule has 0 atom stereocenters. The average Bonchev–Trinajstić information content (AvgIpc) is 3.54. The van der Waals surface area contributed by atoms with Crippen molar-refractivity contribution in [2.45, 2.75) is 13.1 Å². The average molecular weight is 494 g/mol. The van der Waals surface area contributed by atoms with E-state index in [1.54, 1.807) is 13.3 Å². The number of hydrogen-bond acceptors (Lipinski definition) is 6. The predicted octanol–water partition coefficient (Wildman–Crippen LogP) is 1.27. The van der Waals surface area contributed by atoms with Crippen molar-refractivity contribution in [1.29, 1.82) is 0 Å². The Labute approximate surface area is 207 Å². The topological polar surface area (TPSA) is 93.5 Å². The summed E-state index contributed by atoms with van der Waals surface area (Å²) < 4.78 is 9.86. The van der Waals surface area contributed by atoms with Gasteiger partial charge in [0.05, 0.1) is 19.4 Å². The van der Waals surface area contributed by atoms with Crippen molar-refractivity contribution in [3.63, 3.8) is 0 Å². The third-order valence-electron chi connectivity index (χ3n) is 6.36. The third-order valence-corrected chi connectivity index (χ3v) is 6.76. The van der Waals surface area contributed by atoms with Crippen molar-refractivity contribution in [3.8, 4) is 0 Å². The summed E-state index contributed by atoms with van der Waals surface area (Å²) in [4.78, 5) is 34.8. The summed E-state index contributed by atoms with van der Waals surface area (Å²) in [5, 5.41) is 3.92. The van der Waals surface area contributed by atoms with Gasteiger partial charge in [0, 0.05) is 40.3 Å². The number of furan rings is 1. The minimum Gasteiger partial charge on any atom is -0.467 e. The van der Waals surface area contributed by atoms with E-state index in [9.17, 15) is 9.59 Å². The first kappa shape index (κ1) is 22.9. The molecule has 4 heterocycles. The minimum absolute atomic E-state index is 0.347. The number of rotatable bonds is 5. The van der Waals surface area contributed by atoms with E-state index in [1.807, 2.05) is 47.0 Å². The summed E-state index contributed by atoms with van der Waals surface area (Å²) in [7, 11) is 3.15. The molecule has 0 spiro atoms. The zero-order valence-electron chi connectivity index (χ0n) is 19.7. The molecule has 0 unspecified atom stereocenters. The number of nitrogens with zero attached hydrogens (tertiary/aromatic N) is 6. The number of thiocarbonyl (C=S) groups is 1. The van der Waals surface area contributed by atoms with Crippen LogP contribution in [0.4, 0.5) is 5.95 Å². The molecule has 1 aromatic carbocycles. The van der Waals surface area contributed by atoms with E-state index in [2.05, 4.69) is 15.1 Å². The highest BCUT2D eigenvalue weighted by molar-refractivity contribution is 7.80. The van der Waals surface area contributed by atoms with Crippen LogP contribution in [0.2, 0.25) is 0 Å². The molecule has 0 amide bonds. The van der Waals surface area contributed by atoms with E-state index in [0.29, 0.717) is 61.5 Å². The highest BCUT2D eigenvalue weighted by Gasteiger charge is 2.26. The minimum atomic E-state index is -0.392. The number of fused-ring (bicyclic) bond motifs is 1. The highest BCUT2D eigenvalue weighted by Crippen LogP contribution is 2.22. The molecule has 1 N–H and O–H groups in total. The van der Waals surface area contributed by atoms with E-state index in [1.165, 1.54) is 11.6 Å². The highest BCUT2D eigenvalue weighted by atomic mass is 32.1. The largest absolute Gasteiger partial charge is 0.467 e. The molecule has 0 radical (unpaired) electrons. The number of benzene rings is 1. The molecule has 0 aliphatic carbocycles. The van der Waals surface area contributed by atoms with Gasteiger partial charge < -0.3 is 19.5 Å². The van der Waals surface area contributed by atoms with Crippen LogP contribution >= 0.6 is 12.2 Å². The van der Waals surface area contributed by atoms with Crippen molar-refractivity contribution >= 4 is 34.4 Å². The summed E-state index contributed by atoms with van der Waals surface area (Å²) in [6.45, 7) is 3.77. The molecular formula is C24H27N7O3S. The molecule has 35 heavy (non-hydrogen) atoms. The molecule has 0 bridgehead atoms. The van der Waals surface area contributed by atoms with E-state index < -0.39 is 5.69 Å². The van der Waals surface area contributed by atoms with Crippen LogP contribution < -0.4 is 21.5 Å². The number of piperazine rings is 1. The van der Waals surface area contributed by atoms with Crippen LogP contribution in [0.15, 0.2) is 62.7 Å². The van der Waals surface area contributed by atoms with Gasteiger partial charge in [0.15, 0.2) is 16.3 Å². The number of aromatic nitrogens is 4. The van der Waals surface area contributed by atoms with Gasteiger partial charge in [0.25, 0.3) is 5.56 Å². The number of hydrogen-bond donors (Lipinski definition) is 1. The third kappa shape index (κ3) is 4.34. The van der Waals surface area contributed by atoms with Gasteiger partial charge in [-0.3, -0.25) is 18.5 Å². The molecule has 11 heteroatoms. The van der Waals surface area contributed by atoms with E-state index in [0.717, 1.165) is 15.9 Å². The van der Waals surface area contributed by atoms with Gasteiger partial charge in [-0.15, -0.1) is 0 Å². The normalized spacial score (nSPS) is 14.0. The summed E-state index contributed by atoms with van der Waals surface area (Å²) >= 11 is 5.58. The summed E-state index contributed by atoms with van der Waals surface area (Å²) in [5.41, 5.74) is 1.12. The fraction of sp³-hybridized carbons (Fsp3) is 0.333. The maximum atomic E-state index is 13.1. The SMILES string of the molecule is Cn1c(=O)c2c(nc(N3CCN(C(=S)NCc4ccco4)CC3)n2Cc2ccccc2)n(C)c1=O. The smallest absolute Gasteiger partial charge is 0.332 e. The second-order valence-corrected chi connectivity index (χ2v) is 8.96. The maximum absolute atomic E-state index is 13.1. The zero-order chi connectivity index (χ0) is 24.5. The first-order chi connectivity index (χ1) is 16.9. The number of nitrogens with one attached hydrogen (secondary N) is 1. The fourth-order valence-electron chi connectivity index (χ4n) is 4.39. The first-order valence-corrected chi connectivity index (χ1v) is 11.8. The Kier molecular flexibility index (Phi) is 6.16. The fourth-order valence-corrected chi connectivity index (χ4v) is 4.64. The van der Waals surface area contributed by atoms with Crippen LogP contribution in [0.1, 0.15) is 11.3 Å². The number of aryl methyl sites for hydroxylation is 1. The van der Waals surface area contributed by atoms with Gasteiger partial charge in [-0.2, -0.15) is 4.98 Å². The maximum Gasteiger partial charge on any atom is 0.332 e. The van der Waals surface area contributed by atoms with Crippen molar-refractivity contribution < 1.29 is 4.42 Å².